The number of nitrogen functional groups attached to an aromatic ring is 3. The van der Waals surface area contributed by atoms with Crippen molar-refractivity contribution in [1.29, 1.82) is 0 Å². The van der Waals surface area contributed by atoms with Crippen LogP contribution >= 0.6 is 0 Å². The van der Waals surface area contributed by atoms with Crippen LogP contribution in [0.3, 0.4) is 0 Å². The first-order valence-electron chi connectivity index (χ1n) is 16.6. The molecule has 0 bridgehead atoms. The molecule has 0 aliphatic heterocycles. The number of aromatic hydroxyl groups is 1. The molecule has 6 rings (SSSR count). The Balaban J connectivity index is 0.00000352. The third-order valence-electron chi connectivity index (χ3n) is 8.51. The van der Waals surface area contributed by atoms with Gasteiger partial charge in [0, 0.05) is 5.69 Å². The summed E-state index contributed by atoms with van der Waals surface area (Å²) in [4.78, 5) is -2.90. The molecule has 63 heavy (non-hydrogen) atoms. The van der Waals surface area contributed by atoms with E-state index in [2.05, 4.69) is 30.7 Å². The molecule has 0 amide bonds. The number of ether oxygens (including phenoxy) is 2. The number of methoxy groups -OCH3 is 2. The van der Waals surface area contributed by atoms with E-state index in [0.717, 1.165) is 24.3 Å². The molecule has 0 radical (unpaired) electrons. The van der Waals surface area contributed by atoms with E-state index in [9.17, 15) is 44.0 Å². The number of benzene rings is 6. The van der Waals surface area contributed by atoms with Crippen LogP contribution in [0.5, 0.6) is 17.2 Å². The van der Waals surface area contributed by atoms with Crippen molar-refractivity contribution in [3.05, 3.63) is 91.0 Å². The van der Waals surface area contributed by atoms with Crippen LogP contribution in [0, 0.1) is 0 Å². The second-order valence-corrected chi connectivity index (χ2v) is 16.4. The summed E-state index contributed by atoms with van der Waals surface area (Å²) in [6.07, 6.45) is 0. The van der Waals surface area contributed by atoms with Gasteiger partial charge in [0.05, 0.1) is 51.4 Å². The number of phenolic OH excluding ortho intramolecular Hbond substituents is 1. The van der Waals surface area contributed by atoms with Gasteiger partial charge in [0.25, 0.3) is 0 Å². The molecule has 0 saturated carbocycles. The smallest absolute Gasteiger partial charge is 0.744 e. The van der Waals surface area contributed by atoms with E-state index < -0.39 is 78.6 Å². The van der Waals surface area contributed by atoms with E-state index in [0.29, 0.717) is 51.8 Å². The predicted molar refractivity (Wildman–Crippen MR) is 213 cm³/mol. The molecule has 310 valence electrons. The fourth-order valence-corrected chi connectivity index (χ4v) is 7.41. The van der Waals surface area contributed by atoms with Crippen molar-refractivity contribution < 1.29 is 142 Å². The van der Waals surface area contributed by atoms with Gasteiger partial charge in [0.15, 0.2) is 5.75 Å². The second-order valence-electron chi connectivity index (χ2n) is 12.4. The first-order valence-corrected chi connectivity index (χ1v) is 20.8. The SMILES string of the molecule is COc1cc(-c2ccc(N=Nc3c(S(=O)(=O)[O-])cc4cc(S(=O)(=O)[O-])c(N=Nc5ccc(S(=O)(=O)[O-])cc5)c(O)c4c3N)c(OC)c2)ccc1N=Nc1ccc(N)cc1N.[Na+].[Na+].[Na+]. The maximum atomic E-state index is 12.5. The Hall–Kier alpha value is -4.09. The van der Waals surface area contributed by atoms with Gasteiger partial charge >= 0.3 is 88.7 Å². The number of azo groups is 3. The third kappa shape index (κ3) is 12.2. The Morgan fingerprint density at radius 2 is 1.00 bits per heavy atom. The van der Waals surface area contributed by atoms with Crippen LogP contribution in [0.15, 0.2) is 136 Å². The van der Waals surface area contributed by atoms with E-state index in [1.807, 2.05) is 0 Å². The molecule has 0 heterocycles. The molecule has 0 aromatic heterocycles. The Morgan fingerprint density at radius 1 is 0.540 bits per heavy atom. The molecule has 0 spiro atoms. The van der Waals surface area contributed by atoms with Crippen molar-refractivity contribution >= 4 is 92.3 Å². The van der Waals surface area contributed by atoms with E-state index in [1.54, 1.807) is 48.5 Å². The molecule has 27 heteroatoms. The maximum absolute atomic E-state index is 12.5. The Labute approximate surface area is 426 Å². The van der Waals surface area contributed by atoms with Gasteiger partial charge in [-0.15, -0.1) is 25.6 Å². The number of fused-ring (bicyclic) bond motifs is 1. The Bertz CT molecular complexity index is 3160. The third-order valence-corrected chi connectivity index (χ3v) is 11.1. The minimum Gasteiger partial charge on any atom is -0.744 e. The largest absolute Gasteiger partial charge is 1.00 e. The summed E-state index contributed by atoms with van der Waals surface area (Å²) in [6, 6.07) is 19.6. The standard InChI is InChI=1S/C36H31N9O12S3.3Na/c1-56-28-13-18(3-10-26(28)42-41-25-12-5-21(37)17-24(25)38)19-4-11-27(29(14-19)57-2)43-44-34-30(59(50,51)52)15-20-16-31(60(53,54)55)35(36(46)32(20)33(34)39)45-40-22-6-8-23(9-7-22)58(47,48)49;;;/h3-17,46H,37-39H2,1-2H3,(H,47,48,49)(H,50,51,52)(H,53,54,55);;;/q;3*+1/p-3. The number of phenols is 1. The van der Waals surface area contributed by atoms with Crippen molar-refractivity contribution in [1.82, 2.24) is 0 Å². The van der Waals surface area contributed by atoms with Crippen LogP contribution in [0.25, 0.3) is 21.9 Å². The summed E-state index contributed by atoms with van der Waals surface area (Å²) < 4.78 is 119. The molecule has 21 nitrogen and oxygen atoms in total. The molecular formula is C36H28N9Na3O12S3. The van der Waals surface area contributed by atoms with E-state index in [1.165, 1.54) is 20.3 Å². The van der Waals surface area contributed by atoms with Crippen LogP contribution in [0.1, 0.15) is 0 Å². The van der Waals surface area contributed by atoms with Gasteiger partial charge in [-0.2, -0.15) is 5.11 Å². The zero-order chi connectivity index (χ0) is 43.7. The monoisotopic (exact) mass is 943 g/mol. The first kappa shape index (κ1) is 53.2. The number of nitrogens with two attached hydrogens (primary N) is 3. The molecule has 6 aromatic carbocycles. The molecule has 0 fully saturated rings. The molecule has 0 aliphatic rings. The summed E-state index contributed by atoms with van der Waals surface area (Å²) >= 11 is 0. The average molecular weight is 944 g/mol. The van der Waals surface area contributed by atoms with Crippen LogP contribution in [0.4, 0.5) is 51.2 Å². The normalized spacial score (nSPS) is 12.0. The summed E-state index contributed by atoms with van der Waals surface area (Å²) in [5, 5.41) is 34.1. The molecule has 0 aliphatic carbocycles. The van der Waals surface area contributed by atoms with Gasteiger partial charge in [0.2, 0.25) is 0 Å². The van der Waals surface area contributed by atoms with E-state index >= 15 is 0 Å². The molecule has 0 unspecified atom stereocenters. The minimum atomic E-state index is -5.48. The van der Waals surface area contributed by atoms with Gasteiger partial charge in [-0.1, -0.05) is 12.1 Å². The predicted octanol–water partition coefficient (Wildman–Crippen LogP) is -2.05. The topological polar surface area (TPSA) is 363 Å². The minimum absolute atomic E-state index is 0. The van der Waals surface area contributed by atoms with Gasteiger partial charge in [-0.3, -0.25) is 0 Å². The second kappa shape index (κ2) is 21.3. The van der Waals surface area contributed by atoms with Gasteiger partial charge in [-0.25, -0.2) is 25.3 Å². The zero-order valence-corrected chi connectivity index (χ0v) is 42.2. The number of nitrogens with zero attached hydrogens (tertiary/aromatic N) is 6. The summed E-state index contributed by atoms with van der Waals surface area (Å²) in [7, 11) is -13.0. The molecule has 6 aromatic rings. The molecule has 0 atom stereocenters. The number of hydrogen-bond donors (Lipinski definition) is 4. The fraction of sp³-hybridized carbons (Fsp3) is 0.0556. The quantitative estimate of drug-likeness (QED) is 0.0444. The molecular weight excluding hydrogens is 916 g/mol. The zero-order valence-electron chi connectivity index (χ0n) is 33.7. The van der Waals surface area contributed by atoms with Crippen molar-refractivity contribution in [3.63, 3.8) is 0 Å². The molecule has 7 N–H and O–H groups in total. The van der Waals surface area contributed by atoms with Crippen LogP contribution in [-0.2, 0) is 30.4 Å². The summed E-state index contributed by atoms with van der Waals surface area (Å²) in [6.45, 7) is 0. The fourth-order valence-electron chi connectivity index (χ4n) is 5.63. The van der Waals surface area contributed by atoms with E-state index in [-0.39, 0.29) is 106 Å². The van der Waals surface area contributed by atoms with Crippen LogP contribution in [-0.4, -0.2) is 58.2 Å². The van der Waals surface area contributed by atoms with Crippen molar-refractivity contribution in [3.8, 4) is 28.4 Å². The summed E-state index contributed by atoms with van der Waals surface area (Å²) in [5.74, 6) is -0.626. The first-order chi connectivity index (χ1) is 28.2. The molecule has 0 saturated heterocycles. The van der Waals surface area contributed by atoms with E-state index in [4.69, 9.17) is 26.7 Å². The number of anilines is 3. The van der Waals surface area contributed by atoms with Crippen LogP contribution < -0.4 is 115 Å². The van der Waals surface area contributed by atoms with Crippen molar-refractivity contribution in [2.75, 3.05) is 31.4 Å². The maximum Gasteiger partial charge on any atom is 1.00 e. The summed E-state index contributed by atoms with van der Waals surface area (Å²) in [5.41, 5.74) is 18.2. The Morgan fingerprint density at radius 3 is 1.48 bits per heavy atom. The van der Waals surface area contributed by atoms with Crippen LogP contribution in [0.2, 0.25) is 0 Å². The average Bonchev–Trinajstić information content (AvgIpc) is 3.18. The van der Waals surface area contributed by atoms with Gasteiger partial charge in [0.1, 0.15) is 70.3 Å². The van der Waals surface area contributed by atoms with Crippen molar-refractivity contribution in [2.45, 2.75) is 14.7 Å². The van der Waals surface area contributed by atoms with Gasteiger partial charge < -0.3 is 45.4 Å². The number of hydrogen-bond acceptors (Lipinski definition) is 21. The van der Waals surface area contributed by atoms with Gasteiger partial charge in [-0.05, 0) is 95.4 Å². The Kier molecular flexibility index (Phi) is 18.0. The number of rotatable bonds is 12. The van der Waals surface area contributed by atoms with Crippen molar-refractivity contribution in [2.24, 2.45) is 30.7 Å².